The lowest BCUT2D eigenvalue weighted by molar-refractivity contribution is 0.0912. The number of para-hydroxylation sites is 1. The lowest BCUT2D eigenvalue weighted by Gasteiger charge is -2.11. The lowest BCUT2D eigenvalue weighted by Crippen LogP contribution is -2.34. The molecule has 1 fully saturated rings. The van der Waals surface area contributed by atoms with Crippen LogP contribution < -0.4 is 10.1 Å². The van der Waals surface area contributed by atoms with Crippen LogP contribution in [0.25, 0.3) is 0 Å². The zero-order valence-corrected chi connectivity index (χ0v) is 10.9. The standard InChI is InChI=1S/C13H16N2O4/c1-15-8-9(19-13(15)17)7-14-12(16)10-5-3-4-6-11(10)18-2/h3-6,9H,7-8H2,1-2H3,(H,14,16). The molecule has 1 saturated heterocycles. The Morgan fingerprint density at radius 3 is 2.89 bits per heavy atom. The first-order valence-electron chi connectivity index (χ1n) is 5.94. The van der Waals surface area contributed by atoms with Gasteiger partial charge in [0.15, 0.2) is 0 Å². The van der Waals surface area contributed by atoms with Crippen LogP contribution in [0, 0.1) is 0 Å². The van der Waals surface area contributed by atoms with E-state index in [4.69, 9.17) is 9.47 Å². The fourth-order valence-corrected chi connectivity index (χ4v) is 1.89. The SMILES string of the molecule is COc1ccccc1C(=O)NCC1CN(C)C(=O)O1. The Balaban J connectivity index is 1.93. The van der Waals surface area contributed by atoms with E-state index in [1.807, 2.05) is 0 Å². The molecule has 6 heteroatoms. The van der Waals surface area contributed by atoms with Gasteiger partial charge in [-0.1, -0.05) is 12.1 Å². The average Bonchev–Trinajstić information content (AvgIpc) is 2.75. The minimum absolute atomic E-state index is 0.247. The van der Waals surface area contributed by atoms with Crippen molar-refractivity contribution in [2.45, 2.75) is 6.10 Å². The van der Waals surface area contributed by atoms with Crippen molar-refractivity contribution in [3.8, 4) is 5.75 Å². The molecule has 1 heterocycles. The molecule has 2 amide bonds. The Morgan fingerprint density at radius 1 is 1.53 bits per heavy atom. The molecule has 1 atom stereocenters. The van der Waals surface area contributed by atoms with Gasteiger partial charge in [0, 0.05) is 7.05 Å². The van der Waals surface area contributed by atoms with Crippen LogP contribution in [0.15, 0.2) is 24.3 Å². The molecule has 1 aromatic carbocycles. The van der Waals surface area contributed by atoms with Gasteiger partial charge in [0.05, 0.1) is 25.8 Å². The number of carbonyl (C=O) groups excluding carboxylic acids is 2. The summed E-state index contributed by atoms with van der Waals surface area (Å²) < 4.78 is 10.2. The first-order chi connectivity index (χ1) is 9.11. The highest BCUT2D eigenvalue weighted by atomic mass is 16.6. The van der Waals surface area contributed by atoms with E-state index in [0.717, 1.165) is 0 Å². The topological polar surface area (TPSA) is 67.9 Å². The number of nitrogens with zero attached hydrogens (tertiary/aromatic N) is 1. The van der Waals surface area contributed by atoms with Crippen molar-refractivity contribution in [1.29, 1.82) is 0 Å². The number of benzene rings is 1. The summed E-state index contributed by atoms with van der Waals surface area (Å²) in [6.45, 7) is 0.762. The summed E-state index contributed by atoms with van der Waals surface area (Å²) >= 11 is 0. The molecule has 1 N–H and O–H groups in total. The maximum absolute atomic E-state index is 12.0. The minimum Gasteiger partial charge on any atom is -0.496 e. The van der Waals surface area contributed by atoms with Crippen molar-refractivity contribution in [2.24, 2.45) is 0 Å². The van der Waals surface area contributed by atoms with Crippen LogP contribution in [-0.4, -0.2) is 50.3 Å². The number of carbonyl (C=O) groups is 2. The highest BCUT2D eigenvalue weighted by Gasteiger charge is 2.28. The molecule has 0 aliphatic carbocycles. The third-order valence-corrected chi connectivity index (χ3v) is 2.90. The highest BCUT2D eigenvalue weighted by molar-refractivity contribution is 5.96. The van der Waals surface area contributed by atoms with Gasteiger partial charge in [-0.05, 0) is 12.1 Å². The third kappa shape index (κ3) is 2.96. The molecule has 2 rings (SSSR count). The fraction of sp³-hybridized carbons (Fsp3) is 0.385. The monoisotopic (exact) mass is 264 g/mol. The Bertz CT molecular complexity index is 489. The van der Waals surface area contributed by atoms with Gasteiger partial charge in [-0.25, -0.2) is 4.79 Å². The van der Waals surface area contributed by atoms with Crippen molar-refractivity contribution in [1.82, 2.24) is 10.2 Å². The van der Waals surface area contributed by atoms with E-state index in [1.165, 1.54) is 12.0 Å². The molecule has 19 heavy (non-hydrogen) atoms. The predicted molar refractivity (Wildman–Crippen MR) is 68.2 cm³/mol. The highest BCUT2D eigenvalue weighted by Crippen LogP contribution is 2.17. The van der Waals surface area contributed by atoms with Crippen LogP contribution in [0.1, 0.15) is 10.4 Å². The van der Waals surface area contributed by atoms with Gasteiger partial charge in [0.25, 0.3) is 5.91 Å². The average molecular weight is 264 g/mol. The molecule has 1 aliphatic heterocycles. The Hall–Kier alpha value is -2.24. The number of ether oxygens (including phenoxy) is 2. The zero-order valence-electron chi connectivity index (χ0n) is 10.9. The summed E-state index contributed by atoms with van der Waals surface area (Å²) in [5.74, 6) is 0.267. The summed E-state index contributed by atoms with van der Waals surface area (Å²) in [6, 6.07) is 6.96. The van der Waals surface area contributed by atoms with Gasteiger partial charge in [-0.15, -0.1) is 0 Å². The van der Waals surface area contributed by atoms with Gasteiger partial charge in [0.1, 0.15) is 11.9 Å². The maximum Gasteiger partial charge on any atom is 0.410 e. The number of hydrogen-bond donors (Lipinski definition) is 1. The second-order valence-corrected chi connectivity index (χ2v) is 4.30. The third-order valence-electron chi connectivity index (χ3n) is 2.90. The maximum atomic E-state index is 12.0. The van der Waals surface area contributed by atoms with Gasteiger partial charge in [-0.2, -0.15) is 0 Å². The van der Waals surface area contributed by atoms with Crippen molar-refractivity contribution in [3.05, 3.63) is 29.8 Å². The Kier molecular flexibility index (Phi) is 3.89. The number of cyclic esters (lactones) is 1. The van der Waals surface area contributed by atoms with Crippen molar-refractivity contribution >= 4 is 12.0 Å². The van der Waals surface area contributed by atoms with Crippen LogP contribution >= 0.6 is 0 Å². The molecule has 0 spiro atoms. The van der Waals surface area contributed by atoms with Gasteiger partial charge in [-0.3, -0.25) is 4.79 Å². The van der Waals surface area contributed by atoms with E-state index in [-0.39, 0.29) is 24.6 Å². The smallest absolute Gasteiger partial charge is 0.410 e. The van der Waals surface area contributed by atoms with Crippen molar-refractivity contribution < 1.29 is 19.1 Å². The number of hydrogen-bond acceptors (Lipinski definition) is 4. The van der Waals surface area contributed by atoms with Crippen LogP contribution in [0.2, 0.25) is 0 Å². The van der Waals surface area contributed by atoms with E-state index >= 15 is 0 Å². The summed E-state index contributed by atoms with van der Waals surface area (Å²) in [6.07, 6.45) is -0.673. The Labute approximate surface area is 111 Å². The quantitative estimate of drug-likeness (QED) is 0.876. The number of likely N-dealkylation sites (N-methyl/N-ethyl adjacent to an activating group) is 1. The summed E-state index contributed by atoms with van der Waals surface area (Å²) in [4.78, 5) is 24.6. The lowest BCUT2D eigenvalue weighted by atomic mass is 10.2. The molecule has 1 aliphatic rings. The molecule has 102 valence electrons. The molecular formula is C13H16N2O4. The molecular weight excluding hydrogens is 248 g/mol. The number of rotatable bonds is 4. The van der Waals surface area contributed by atoms with E-state index in [2.05, 4.69) is 5.32 Å². The van der Waals surface area contributed by atoms with Gasteiger partial charge < -0.3 is 19.7 Å². The molecule has 0 aromatic heterocycles. The molecule has 0 saturated carbocycles. The van der Waals surface area contributed by atoms with Crippen molar-refractivity contribution in [3.63, 3.8) is 0 Å². The van der Waals surface area contributed by atoms with Crippen LogP contribution in [0.4, 0.5) is 4.79 Å². The normalized spacial score (nSPS) is 18.1. The first kappa shape index (κ1) is 13.2. The fourth-order valence-electron chi connectivity index (χ4n) is 1.89. The van der Waals surface area contributed by atoms with Gasteiger partial charge >= 0.3 is 6.09 Å². The molecule has 1 unspecified atom stereocenters. The second kappa shape index (κ2) is 5.60. The Morgan fingerprint density at radius 2 is 2.26 bits per heavy atom. The largest absolute Gasteiger partial charge is 0.496 e. The molecule has 6 nitrogen and oxygen atoms in total. The predicted octanol–water partition coefficient (Wildman–Crippen LogP) is 0.876. The van der Waals surface area contributed by atoms with Crippen LogP contribution in [0.5, 0.6) is 5.75 Å². The summed E-state index contributed by atoms with van der Waals surface area (Å²) in [5.41, 5.74) is 0.461. The first-order valence-corrected chi connectivity index (χ1v) is 5.94. The number of nitrogens with one attached hydrogen (secondary N) is 1. The minimum atomic E-state index is -0.364. The molecule has 0 radical (unpaired) electrons. The molecule has 0 bridgehead atoms. The number of amides is 2. The van der Waals surface area contributed by atoms with E-state index in [0.29, 0.717) is 17.9 Å². The van der Waals surface area contributed by atoms with Crippen molar-refractivity contribution in [2.75, 3.05) is 27.2 Å². The van der Waals surface area contributed by atoms with E-state index in [9.17, 15) is 9.59 Å². The van der Waals surface area contributed by atoms with E-state index in [1.54, 1.807) is 31.3 Å². The summed E-state index contributed by atoms with van der Waals surface area (Å²) in [7, 11) is 3.17. The second-order valence-electron chi connectivity index (χ2n) is 4.30. The van der Waals surface area contributed by atoms with Crippen LogP contribution in [0.3, 0.4) is 0 Å². The zero-order chi connectivity index (χ0) is 13.8. The molecule has 1 aromatic rings. The summed E-state index contributed by atoms with van der Waals surface area (Å²) in [5, 5.41) is 2.73. The van der Waals surface area contributed by atoms with Gasteiger partial charge in [0.2, 0.25) is 0 Å². The van der Waals surface area contributed by atoms with E-state index < -0.39 is 0 Å². The number of methoxy groups -OCH3 is 1. The van der Waals surface area contributed by atoms with Crippen LogP contribution in [-0.2, 0) is 4.74 Å².